The van der Waals surface area contributed by atoms with Crippen molar-refractivity contribution in [1.29, 1.82) is 0 Å². The van der Waals surface area contributed by atoms with Gasteiger partial charge in [-0.25, -0.2) is 8.78 Å². The molecule has 1 aliphatic rings. The van der Waals surface area contributed by atoms with Gasteiger partial charge >= 0.3 is 65.7 Å². The zero-order valence-electron chi connectivity index (χ0n) is 22.7. The van der Waals surface area contributed by atoms with Crippen LogP contribution in [0.2, 0.25) is 0 Å². The molecule has 2 nitrogen and oxygen atoms in total. The van der Waals surface area contributed by atoms with Crippen molar-refractivity contribution < 1.29 is 97.3 Å². The van der Waals surface area contributed by atoms with Gasteiger partial charge in [0.2, 0.25) is 0 Å². The Hall–Kier alpha value is -1.93. The van der Waals surface area contributed by atoms with Gasteiger partial charge in [0, 0.05) is 6.42 Å². The monoisotopic (exact) mass is 712 g/mol. The fourth-order valence-electron chi connectivity index (χ4n) is 4.55. The van der Waals surface area contributed by atoms with Gasteiger partial charge in [-0.15, -0.1) is 0 Å². The number of esters is 1. The van der Waals surface area contributed by atoms with E-state index in [9.17, 15) is 92.6 Å². The van der Waals surface area contributed by atoms with Crippen molar-refractivity contribution >= 4 is 5.97 Å². The first kappa shape index (κ1) is 41.1. The van der Waals surface area contributed by atoms with Gasteiger partial charge in [-0.05, 0) is 26.2 Å². The maximum atomic E-state index is 14.8. The number of hydrogen-bond acceptors (Lipinski definition) is 2. The van der Waals surface area contributed by atoms with Gasteiger partial charge in [-0.3, -0.25) is 4.79 Å². The zero-order valence-corrected chi connectivity index (χ0v) is 22.7. The molecular weight excluding hydrogens is 688 g/mol. The second-order valence-electron chi connectivity index (χ2n) is 10.7. The Morgan fingerprint density at radius 1 is 0.622 bits per heavy atom. The van der Waals surface area contributed by atoms with Crippen molar-refractivity contribution in [2.45, 2.75) is 131 Å². The molecule has 1 fully saturated rings. The average molecular weight is 712 g/mol. The van der Waals surface area contributed by atoms with Crippen molar-refractivity contribution in [3.8, 4) is 0 Å². The van der Waals surface area contributed by atoms with E-state index in [0.717, 1.165) is 6.92 Å². The first-order chi connectivity index (χ1) is 19.7. The first-order valence-corrected chi connectivity index (χ1v) is 12.6. The Labute approximate surface area is 240 Å². The molecule has 0 radical (unpaired) electrons. The third-order valence-electron chi connectivity index (χ3n) is 7.33. The number of carbonyl (C=O) groups is 1. The lowest BCUT2D eigenvalue weighted by Gasteiger charge is -2.45. The topological polar surface area (TPSA) is 26.3 Å². The highest BCUT2D eigenvalue weighted by atomic mass is 19.4. The molecule has 0 aliphatic heterocycles. The van der Waals surface area contributed by atoms with Crippen LogP contribution in [-0.2, 0) is 9.53 Å². The minimum atomic E-state index is -9.06. The molecule has 0 bridgehead atoms. The molecule has 0 aromatic carbocycles. The van der Waals surface area contributed by atoms with Crippen LogP contribution < -0.4 is 0 Å². The SMILES string of the molecule is CCCC(C)OC(=O)C1(CC(F)(F)C(F)(F)C(F)(F)C(F)(F)C(F)(F)C(F)(F)C(F)(F)C(F)(F)C(F)(F)C(F)F)CCCCC1. The highest BCUT2D eigenvalue weighted by Gasteiger charge is 2.96. The van der Waals surface area contributed by atoms with Crippen molar-refractivity contribution in [1.82, 2.24) is 0 Å². The number of halogens is 20. The molecule has 0 amide bonds. The molecule has 1 rings (SSSR count). The van der Waals surface area contributed by atoms with Crippen LogP contribution in [0.15, 0.2) is 0 Å². The molecule has 1 aliphatic carbocycles. The third-order valence-corrected chi connectivity index (χ3v) is 7.33. The quantitative estimate of drug-likeness (QED) is 0.125. The molecule has 0 spiro atoms. The molecule has 1 atom stereocenters. The number of ether oxygens (including phenoxy) is 1. The fraction of sp³-hybridized carbons (Fsp3) is 0.957. The molecule has 0 N–H and O–H groups in total. The van der Waals surface area contributed by atoms with E-state index in [2.05, 4.69) is 0 Å². The summed E-state index contributed by atoms with van der Waals surface area (Å²) in [5, 5.41) is 0. The zero-order chi connectivity index (χ0) is 36.1. The number of alkyl halides is 20. The van der Waals surface area contributed by atoms with Gasteiger partial charge in [-0.1, -0.05) is 32.6 Å². The van der Waals surface area contributed by atoms with Crippen LogP contribution in [0, 0.1) is 5.41 Å². The van der Waals surface area contributed by atoms with Crippen LogP contribution in [0.3, 0.4) is 0 Å². The van der Waals surface area contributed by atoms with E-state index in [4.69, 9.17) is 4.74 Å². The molecule has 0 saturated heterocycles. The lowest BCUT2D eigenvalue weighted by Crippen LogP contribution is -2.76. The van der Waals surface area contributed by atoms with E-state index >= 15 is 0 Å². The van der Waals surface area contributed by atoms with Crippen LogP contribution in [0.5, 0.6) is 0 Å². The maximum Gasteiger partial charge on any atom is 0.385 e. The second-order valence-corrected chi connectivity index (χ2v) is 10.7. The van der Waals surface area contributed by atoms with Crippen LogP contribution in [0.25, 0.3) is 0 Å². The Morgan fingerprint density at radius 3 is 1.33 bits per heavy atom. The van der Waals surface area contributed by atoms with E-state index in [1.165, 1.54) is 6.92 Å². The summed E-state index contributed by atoms with van der Waals surface area (Å²) in [6.07, 6.45) is -12.0. The van der Waals surface area contributed by atoms with Crippen LogP contribution in [-0.4, -0.2) is 71.8 Å². The van der Waals surface area contributed by atoms with Crippen LogP contribution >= 0.6 is 0 Å². The van der Waals surface area contributed by atoms with Crippen LogP contribution in [0.1, 0.15) is 65.2 Å². The first-order valence-electron chi connectivity index (χ1n) is 12.6. The molecule has 45 heavy (non-hydrogen) atoms. The highest BCUT2D eigenvalue weighted by Crippen LogP contribution is 2.66. The molecule has 0 aromatic rings. The summed E-state index contributed by atoms with van der Waals surface area (Å²) in [6.45, 7) is 2.69. The Balaban J connectivity index is 3.71. The smallest absolute Gasteiger partial charge is 0.385 e. The lowest BCUT2D eigenvalue weighted by atomic mass is 9.69. The predicted octanol–water partition coefficient (Wildman–Crippen LogP) is 10.0. The molecule has 0 heterocycles. The number of rotatable bonds is 15. The van der Waals surface area contributed by atoms with Gasteiger partial charge in [0.1, 0.15) is 0 Å². The van der Waals surface area contributed by atoms with Crippen molar-refractivity contribution in [2.75, 3.05) is 0 Å². The maximum absolute atomic E-state index is 14.8. The Bertz CT molecular complexity index is 1030. The summed E-state index contributed by atoms with van der Waals surface area (Å²) in [7, 11) is 0. The summed E-state index contributed by atoms with van der Waals surface area (Å²) < 4.78 is 280. The van der Waals surface area contributed by atoms with E-state index in [1.54, 1.807) is 0 Å². The predicted molar refractivity (Wildman–Crippen MR) is 111 cm³/mol. The molecular formula is C23H24F20O2. The normalized spacial score (nSPS) is 19.1. The van der Waals surface area contributed by atoms with Gasteiger partial charge in [0.15, 0.2) is 0 Å². The summed E-state index contributed by atoms with van der Waals surface area (Å²) in [5.41, 5.74) is -2.90. The van der Waals surface area contributed by atoms with E-state index < -0.39 is 96.5 Å². The van der Waals surface area contributed by atoms with Crippen molar-refractivity contribution in [2.24, 2.45) is 5.41 Å². The van der Waals surface area contributed by atoms with Gasteiger partial charge in [-0.2, -0.15) is 79.0 Å². The average Bonchev–Trinajstić information content (AvgIpc) is 2.87. The molecule has 22 heteroatoms. The fourth-order valence-corrected chi connectivity index (χ4v) is 4.55. The van der Waals surface area contributed by atoms with Gasteiger partial charge in [0.25, 0.3) is 0 Å². The largest absolute Gasteiger partial charge is 0.462 e. The summed E-state index contributed by atoms with van der Waals surface area (Å²) >= 11 is 0. The number of hydrogen-bond donors (Lipinski definition) is 0. The molecule has 1 saturated carbocycles. The van der Waals surface area contributed by atoms with Crippen molar-refractivity contribution in [3.05, 3.63) is 0 Å². The van der Waals surface area contributed by atoms with E-state index in [-0.39, 0.29) is 32.1 Å². The molecule has 0 aromatic heterocycles. The second kappa shape index (κ2) is 12.3. The van der Waals surface area contributed by atoms with Gasteiger partial charge in [0.05, 0.1) is 11.5 Å². The standard InChI is InChI=1S/C23H24F20O2/c1-3-7-11(2)45-13(44)14(8-5-4-6-9-14)10-15(26,27)17(30,31)19(34,35)21(38,39)23(42,43)22(40,41)20(36,37)18(32,33)16(28,29)12(24)25/h11-12H,3-10H2,1-2H3. The minimum absolute atomic E-state index is 0.0227. The summed E-state index contributed by atoms with van der Waals surface area (Å²) in [6, 6.07) is 0. The summed E-state index contributed by atoms with van der Waals surface area (Å²) in [5.74, 6) is -77.3. The highest BCUT2D eigenvalue weighted by molar-refractivity contribution is 5.77. The Morgan fingerprint density at radius 2 is 0.978 bits per heavy atom. The van der Waals surface area contributed by atoms with Crippen molar-refractivity contribution in [3.63, 3.8) is 0 Å². The molecule has 1 unspecified atom stereocenters. The van der Waals surface area contributed by atoms with E-state index in [1.807, 2.05) is 0 Å². The lowest BCUT2D eigenvalue weighted by molar-refractivity contribution is -0.465. The summed E-state index contributed by atoms with van der Waals surface area (Å²) in [4.78, 5) is 12.7. The van der Waals surface area contributed by atoms with E-state index in [0.29, 0.717) is 0 Å². The minimum Gasteiger partial charge on any atom is -0.462 e. The van der Waals surface area contributed by atoms with Gasteiger partial charge < -0.3 is 4.74 Å². The van der Waals surface area contributed by atoms with Crippen LogP contribution in [0.4, 0.5) is 87.8 Å². The Kier molecular flexibility index (Phi) is 11.2. The molecule has 268 valence electrons. The number of carbonyl (C=O) groups excluding carboxylic acids is 1. The third kappa shape index (κ3) is 6.12.